The van der Waals surface area contributed by atoms with Crippen molar-refractivity contribution in [3.63, 3.8) is 0 Å². The Labute approximate surface area is 122 Å². The molecule has 1 N–H and O–H groups in total. The van der Waals surface area contributed by atoms with Gasteiger partial charge in [-0.25, -0.2) is 4.79 Å². The van der Waals surface area contributed by atoms with Crippen molar-refractivity contribution < 1.29 is 14.4 Å². The second-order valence-electron chi connectivity index (χ2n) is 5.74. The topological polar surface area (TPSA) is 84.3 Å². The number of hydrogen-bond acceptors (Lipinski definition) is 4. The molecule has 1 aromatic heterocycles. The van der Waals surface area contributed by atoms with E-state index in [4.69, 9.17) is 0 Å². The Balaban J connectivity index is 1.89. The summed E-state index contributed by atoms with van der Waals surface area (Å²) in [6.07, 6.45) is 5.36. The van der Waals surface area contributed by atoms with Gasteiger partial charge in [0.05, 0.1) is 12.2 Å². The number of rotatable bonds is 2. The molecule has 1 aromatic rings. The molecule has 0 atom stereocenters. The largest absolute Gasteiger partial charge is 0.331 e. The third-order valence-electron chi connectivity index (χ3n) is 4.50. The molecule has 0 aromatic carbocycles. The van der Waals surface area contributed by atoms with Crippen LogP contribution in [0.3, 0.4) is 0 Å². The van der Waals surface area contributed by atoms with Crippen molar-refractivity contribution >= 4 is 17.8 Å². The van der Waals surface area contributed by atoms with E-state index in [-0.39, 0.29) is 12.5 Å². The summed E-state index contributed by atoms with van der Waals surface area (Å²) in [6, 6.07) is 1.12. The standard InChI is InChI=1S/C14H18N4O3/c1-17-10(5-8-15-17)9-18-12(20)14(6-3-2-4-7-14)11(19)16-13(18)21/h5,8H,2-4,6-7,9H2,1H3,(H,16,19,21). The summed E-state index contributed by atoms with van der Waals surface area (Å²) < 4.78 is 1.62. The van der Waals surface area contributed by atoms with E-state index in [0.717, 1.165) is 29.9 Å². The molecule has 1 saturated heterocycles. The summed E-state index contributed by atoms with van der Waals surface area (Å²) in [6.45, 7) is 0.135. The second-order valence-corrected chi connectivity index (χ2v) is 5.74. The van der Waals surface area contributed by atoms with Crippen molar-refractivity contribution in [3.05, 3.63) is 18.0 Å². The highest BCUT2D eigenvalue weighted by Gasteiger charge is 2.53. The number of hydrogen-bond donors (Lipinski definition) is 1. The fourth-order valence-electron chi connectivity index (χ4n) is 3.19. The molecule has 1 aliphatic carbocycles. The molecule has 1 aliphatic heterocycles. The molecule has 4 amide bonds. The third kappa shape index (κ3) is 2.12. The summed E-state index contributed by atoms with van der Waals surface area (Å²) in [5.41, 5.74) is -0.302. The molecule has 1 spiro atoms. The molecule has 0 bridgehead atoms. The average Bonchev–Trinajstić information content (AvgIpc) is 2.88. The van der Waals surface area contributed by atoms with Gasteiger partial charge >= 0.3 is 6.03 Å². The first kappa shape index (κ1) is 13.8. The average molecular weight is 290 g/mol. The van der Waals surface area contributed by atoms with Gasteiger partial charge in [-0.1, -0.05) is 19.3 Å². The lowest BCUT2D eigenvalue weighted by molar-refractivity contribution is -0.154. The van der Waals surface area contributed by atoms with Crippen molar-refractivity contribution in [3.8, 4) is 0 Å². The molecule has 112 valence electrons. The van der Waals surface area contributed by atoms with Gasteiger partial charge in [0, 0.05) is 13.2 Å². The Bertz CT molecular complexity index is 601. The van der Waals surface area contributed by atoms with Crippen molar-refractivity contribution in [2.45, 2.75) is 38.6 Å². The Morgan fingerprint density at radius 3 is 2.57 bits per heavy atom. The van der Waals surface area contributed by atoms with E-state index in [1.165, 1.54) is 0 Å². The van der Waals surface area contributed by atoms with Crippen molar-refractivity contribution in [1.29, 1.82) is 0 Å². The Morgan fingerprint density at radius 1 is 1.24 bits per heavy atom. The van der Waals surface area contributed by atoms with Gasteiger partial charge in [0.1, 0.15) is 5.41 Å². The van der Waals surface area contributed by atoms with Crippen molar-refractivity contribution in [2.75, 3.05) is 0 Å². The van der Waals surface area contributed by atoms with E-state index in [0.29, 0.717) is 12.8 Å². The van der Waals surface area contributed by atoms with Gasteiger partial charge in [0.15, 0.2) is 0 Å². The zero-order valence-electron chi connectivity index (χ0n) is 12.0. The predicted octanol–water partition coefficient (Wildman–Crippen LogP) is 0.949. The summed E-state index contributed by atoms with van der Waals surface area (Å²) >= 11 is 0. The highest BCUT2D eigenvalue weighted by Crippen LogP contribution is 2.40. The fourth-order valence-corrected chi connectivity index (χ4v) is 3.19. The molecule has 7 heteroatoms. The fraction of sp³-hybridized carbons (Fsp3) is 0.571. The maximum absolute atomic E-state index is 12.8. The minimum atomic E-state index is -1.05. The minimum Gasteiger partial charge on any atom is -0.277 e. The first-order valence-electron chi connectivity index (χ1n) is 7.19. The Morgan fingerprint density at radius 2 is 1.95 bits per heavy atom. The molecule has 1 saturated carbocycles. The summed E-state index contributed by atoms with van der Waals surface area (Å²) in [7, 11) is 1.75. The molecule has 2 heterocycles. The van der Waals surface area contributed by atoms with Crippen LogP contribution in [0.1, 0.15) is 37.8 Å². The van der Waals surface area contributed by atoms with Gasteiger partial charge in [0.2, 0.25) is 11.8 Å². The zero-order valence-corrected chi connectivity index (χ0v) is 12.0. The quantitative estimate of drug-likeness (QED) is 0.822. The predicted molar refractivity (Wildman–Crippen MR) is 72.8 cm³/mol. The number of nitrogens with zero attached hydrogens (tertiary/aromatic N) is 3. The highest BCUT2D eigenvalue weighted by molar-refractivity contribution is 6.19. The normalized spacial score (nSPS) is 21.8. The van der Waals surface area contributed by atoms with Gasteiger partial charge in [-0.3, -0.25) is 24.5 Å². The molecule has 3 rings (SSSR count). The van der Waals surface area contributed by atoms with E-state index in [9.17, 15) is 14.4 Å². The molecule has 0 radical (unpaired) electrons. The van der Waals surface area contributed by atoms with E-state index in [2.05, 4.69) is 10.4 Å². The van der Waals surface area contributed by atoms with Crippen molar-refractivity contribution in [2.24, 2.45) is 12.5 Å². The number of carbonyl (C=O) groups excluding carboxylic acids is 3. The number of barbiturate groups is 1. The lowest BCUT2D eigenvalue weighted by atomic mass is 9.71. The van der Waals surface area contributed by atoms with Gasteiger partial charge < -0.3 is 0 Å². The van der Waals surface area contributed by atoms with E-state index < -0.39 is 17.4 Å². The third-order valence-corrected chi connectivity index (χ3v) is 4.50. The Kier molecular flexibility index (Phi) is 3.27. The van der Waals surface area contributed by atoms with Crippen LogP contribution in [-0.4, -0.2) is 32.5 Å². The number of nitrogens with one attached hydrogen (secondary N) is 1. The van der Waals surface area contributed by atoms with Gasteiger partial charge in [-0.05, 0) is 18.9 Å². The number of amides is 4. The maximum atomic E-state index is 12.8. The molecule has 2 fully saturated rings. The van der Waals surface area contributed by atoms with E-state index in [1.807, 2.05) is 0 Å². The van der Waals surface area contributed by atoms with Crippen LogP contribution in [0.15, 0.2) is 12.3 Å². The van der Waals surface area contributed by atoms with Crippen molar-refractivity contribution in [1.82, 2.24) is 20.0 Å². The van der Waals surface area contributed by atoms with Crippen LogP contribution in [0.5, 0.6) is 0 Å². The lowest BCUT2D eigenvalue weighted by Gasteiger charge is -2.41. The zero-order chi connectivity index (χ0) is 15.0. The molecule has 21 heavy (non-hydrogen) atoms. The van der Waals surface area contributed by atoms with Gasteiger partial charge in [0.25, 0.3) is 0 Å². The SMILES string of the molecule is Cn1nccc1CN1C(=O)NC(=O)C2(CCCCC2)C1=O. The van der Waals surface area contributed by atoms with Gasteiger partial charge in [-0.15, -0.1) is 0 Å². The van der Waals surface area contributed by atoms with Crippen LogP contribution in [0.25, 0.3) is 0 Å². The van der Waals surface area contributed by atoms with Gasteiger partial charge in [-0.2, -0.15) is 5.10 Å². The smallest absolute Gasteiger partial charge is 0.277 e. The lowest BCUT2D eigenvalue weighted by Crippen LogP contribution is -2.64. The number of aromatic nitrogens is 2. The van der Waals surface area contributed by atoms with Crippen LogP contribution in [0.2, 0.25) is 0 Å². The maximum Gasteiger partial charge on any atom is 0.331 e. The monoisotopic (exact) mass is 290 g/mol. The van der Waals surface area contributed by atoms with Crippen LogP contribution in [0, 0.1) is 5.41 Å². The number of carbonyl (C=O) groups is 3. The van der Waals surface area contributed by atoms with Crippen LogP contribution in [0.4, 0.5) is 4.79 Å². The first-order chi connectivity index (χ1) is 10.0. The summed E-state index contributed by atoms with van der Waals surface area (Å²) in [4.78, 5) is 38.1. The molecule has 2 aliphatic rings. The minimum absolute atomic E-state index is 0.135. The Hall–Kier alpha value is -2.18. The number of imide groups is 2. The second kappa shape index (κ2) is 4.98. The highest BCUT2D eigenvalue weighted by atomic mass is 16.2. The van der Waals surface area contributed by atoms with Crippen LogP contribution in [-0.2, 0) is 23.2 Å². The summed E-state index contributed by atoms with van der Waals surface area (Å²) in [5.74, 6) is -0.796. The molecular weight excluding hydrogens is 272 g/mol. The molecular formula is C14H18N4O3. The first-order valence-corrected chi connectivity index (χ1v) is 7.19. The number of urea groups is 1. The molecule has 7 nitrogen and oxygen atoms in total. The van der Waals surface area contributed by atoms with E-state index >= 15 is 0 Å². The molecule has 0 unspecified atom stereocenters. The van der Waals surface area contributed by atoms with Crippen LogP contribution >= 0.6 is 0 Å². The van der Waals surface area contributed by atoms with E-state index in [1.54, 1.807) is 24.0 Å². The van der Waals surface area contributed by atoms with Crippen LogP contribution < -0.4 is 5.32 Å². The summed E-state index contributed by atoms with van der Waals surface area (Å²) in [5, 5.41) is 6.38. The number of aryl methyl sites for hydroxylation is 1.